The van der Waals surface area contributed by atoms with Gasteiger partial charge in [-0.3, -0.25) is 0 Å². The van der Waals surface area contributed by atoms with Crippen molar-refractivity contribution in [1.29, 1.82) is 0 Å². The number of hydrogen-bond acceptors (Lipinski definition) is 1. The largest absolute Gasteiger partial charge is 0.478 e. The Morgan fingerprint density at radius 2 is 2.00 bits per heavy atom. The molecule has 0 radical (unpaired) electrons. The molecule has 1 aromatic carbocycles. The topological polar surface area (TPSA) is 37.3 Å². The van der Waals surface area contributed by atoms with Crippen LogP contribution in [0, 0.1) is 5.92 Å². The van der Waals surface area contributed by atoms with E-state index < -0.39 is 5.97 Å². The molecule has 80 valence electrons. The molecular formula is C13H16O2. The number of hydrogen-bond donors (Lipinski definition) is 1. The normalized spacial score (nSPS) is 13.6. The van der Waals surface area contributed by atoms with Gasteiger partial charge in [-0.2, -0.15) is 0 Å². The van der Waals surface area contributed by atoms with Crippen LogP contribution >= 0.6 is 0 Å². The summed E-state index contributed by atoms with van der Waals surface area (Å²) in [4.78, 5) is 11.1. The van der Waals surface area contributed by atoms with Gasteiger partial charge in [0.05, 0.1) is 5.57 Å². The molecule has 0 spiro atoms. The second kappa shape index (κ2) is 5.35. The van der Waals surface area contributed by atoms with Gasteiger partial charge in [0.1, 0.15) is 0 Å². The number of carboxylic acids is 1. The maximum atomic E-state index is 11.1. The molecule has 0 bridgehead atoms. The molecule has 1 atom stereocenters. The highest BCUT2D eigenvalue weighted by molar-refractivity contribution is 6.15. The van der Waals surface area contributed by atoms with Gasteiger partial charge in [-0.25, -0.2) is 4.79 Å². The predicted molar refractivity (Wildman–Crippen MR) is 61.5 cm³/mol. The molecule has 1 unspecified atom stereocenters. The summed E-state index contributed by atoms with van der Waals surface area (Å²) in [5, 5.41) is 9.10. The van der Waals surface area contributed by atoms with Crippen LogP contribution in [0.4, 0.5) is 0 Å². The molecule has 0 amide bonds. The quantitative estimate of drug-likeness (QED) is 0.765. The lowest BCUT2D eigenvalue weighted by molar-refractivity contribution is -0.130. The zero-order chi connectivity index (χ0) is 11.3. The van der Waals surface area contributed by atoms with Gasteiger partial charge in [-0.05, 0) is 11.5 Å². The van der Waals surface area contributed by atoms with Crippen molar-refractivity contribution in [3.05, 3.63) is 42.0 Å². The van der Waals surface area contributed by atoms with Crippen molar-refractivity contribution in [3.8, 4) is 0 Å². The summed E-state index contributed by atoms with van der Waals surface area (Å²) < 4.78 is 0. The number of benzene rings is 1. The van der Waals surface area contributed by atoms with Gasteiger partial charge in [0.15, 0.2) is 0 Å². The van der Waals surface area contributed by atoms with Gasteiger partial charge >= 0.3 is 5.97 Å². The van der Waals surface area contributed by atoms with E-state index in [4.69, 9.17) is 5.11 Å². The van der Waals surface area contributed by atoms with Gasteiger partial charge in [0, 0.05) is 0 Å². The molecule has 0 saturated heterocycles. The Morgan fingerprint density at radius 1 is 1.40 bits per heavy atom. The van der Waals surface area contributed by atoms with Crippen molar-refractivity contribution < 1.29 is 9.90 Å². The van der Waals surface area contributed by atoms with Crippen molar-refractivity contribution in [2.45, 2.75) is 20.3 Å². The van der Waals surface area contributed by atoms with Gasteiger partial charge in [-0.15, -0.1) is 0 Å². The first-order valence-electron chi connectivity index (χ1n) is 5.15. The van der Waals surface area contributed by atoms with E-state index in [2.05, 4.69) is 0 Å². The van der Waals surface area contributed by atoms with Gasteiger partial charge in [0.2, 0.25) is 0 Å². The Labute approximate surface area is 90.3 Å². The fraction of sp³-hybridized carbons (Fsp3) is 0.308. The Kier molecular flexibility index (Phi) is 4.10. The van der Waals surface area contributed by atoms with Crippen LogP contribution in [-0.2, 0) is 4.79 Å². The van der Waals surface area contributed by atoms with Crippen molar-refractivity contribution in [1.82, 2.24) is 0 Å². The highest BCUT2D eigenvalue weighted by Crippen LogP contribution is 2.18. The summed E-state index contributed by atoms with van der Waals surface area (Å²) in [5.41, 5.74) is 1.16. The summed E-state index contributed by atoms with van der Waals surface area (Å²) in [5.74, 6) is -0.571. The van der Waals surface area contributed by atoms with Crippen molar-refractivity contribution in [3.63, 3.8) is 0 Å². The number of carbonyl (C=O) groups is 1. The highest BCUT2D eigenvalue weighted by atomic mass is 16.4. The molecule has 2 heteroatoms. The smallest absolute Gasteiger partial charge is 0.335 e. The van der Waals surface area contributed by atoms with Crippen LogP contribution in [0.25, 0.3) is 5.57 Å². The van der Waals surface area contributed by atoms with E-state index in [0.29, 0.717) is 5.57 Å². The van der Waals surface area contributed by atoms with Crippen LogP contribution in [0.5, 0.6) is 0 Å². The molecule has 0 fully saturated rings. The van der Waals surface area contributed by atoms with E-state index in [1.807, 2.05) is 50.3 Å². The molecule has 2 nitrogen and oxygen atoms in total. The molecule has 1 aromatic rings. The minimum absolute atomic E-state index is 0.288. The van der Waals surface area contributed by atoms with Crippen molar-refractivity contribution in [2.75, 3.05) is 0 Å². The third-order valence-corrected chi connectivity index (χ3v) is 2.41. The van der Waals surface area contributed by atoms with E-state index in [1.165, 1.54) is 0 Å². The Balaban J connectivity index is 3.04. The van der Waals surface area contributed by atoms with Crippen LogP contribution in [0.2, 0.25) is 0 Å². The minimum atomic E-state index is -0.860. The second-order valence-electron chi connectivity index (χ2n) is 3.64. The number of carboxylic acid groups (broad SMARTS) is 1. The van der Waals surface area contributed by atoms with Crippen LogP contribution in [0.1, 0.15) is 25.8 Å². The molecule has 0 aliphatic carbocycles. The average molecular weight is 204 g/mol. The lowest BCUT2D eigenvalue weighted by Gasteiger charge is -2.06. The first-order chi connectivity index (χ1) is 7.15. The maximum absolute atomic E-state index is 11.1. The summed E-state index contributed by atoms with van der Waals surface area (Å²) >= 11 is 0. The molecule has 0 aliphatic heterocycles. The molecule has 0 aromatic heterocycles. The second-order valence-corrected chi connectivity index (χ2v) is 3.64. The van der Waals surface area contributed by atoms with Gasteiger partial charge in [0.25, 0.3) is 0 Å². The van der Waals surface area contributed by atoms with Crippen LogP contribution < -0.4 is 0 Å². The fourth-order valence-electron chi connectivity index (χ4n) is 1.31. The summed E-state index contributed by atoms with van der Waals surface area (Å²) in [6.45, 7) is 4.07. The van der Waals surface area contributed by atoms with Crippen LogP contribution in [0.3, 0.4) is 0 Å². The van der Waals surface area contributed by atoms with Crippen LogP contribution in [-0.4, -0.2) is 11.1 Å². The first kappa shape index (κ1) is 11.5. The van der Waals surface area contributed by atoms with E-state index in [1.54, 1.807) is 0 Å². The Morgan fingerprint density at radius 3 is 2.47 bits per heavy atom. The SMILES string of the molecule is CCC(C)C=C(C(=O)O)c1ccccc1. The van der Waals surface area contributed by atoms with E-state index in [-0.39, 0.29) is 5.92 Å². The zero-order valence-corrected chi connectivity index (χ0v) is 9.10. The van der Waals surface area contributed by atoms with E-state index in [0.717, 1.165) is 12.0 Å². The van der Waals surface area contributed by atoms with Crippen LogP contribution in [0.15, 0.2) is 36.4 Å². The monoisotopic (exact) mass is 204 g/mol. The predicted octanol–water partition coefficient (Wildman–Crippen LogP) is 3.20. The number of aliphatic carboxylic acids is 1. The molecule has 0 aliphatic rings. The van der Waals surface area contributed by atoms with Crippen molar-refractivity contribution in [2.24, 2.45) is 5.92 Å². The first-order valence-corrected chi connectivity index (χ1v) is 5.15. The summed E-state index contributed by atoms with van der Waals surface area (Å²) in [6, 6.07) is 9.22. The third kappa shape index (κ3) is 3.24. The lowest BCUT2D eigenvalue weighted by atomic mass is 9.99. The third-order valence-electron chi connectivity index (χ3n) is 2.41. The van der Waals surface area contributed by atoms with E-state index >= 15 is 0 Å². The molecule has 0 saturated carbocycles. The molecule has 1 rings (SSSR count). The summed E-state index contributed by atoms with van der Waals surface area (Å²) in [7, 11) is 0. The van der Waals surface area contributed by atoms with Crippen molar-refractivity contribution >= 4 is 11.5 Å². The summed E-state index contributed by atoms with van der Waals surface area (Å²) in [6.07, 6.45) is 2.77. The lowest BCUT2D eigenvalue weighted by Crippen LogP contribution is -2.02. The Hall–Kier alpha value is -1.57. The molecule has 0 heterocycles. The maximum Gasteiger partial charge on any atom is 0.335 e. The average Bonchev–Trinajstić information content (AvgIpc) is 2.26. The molecule has 1 N–H and O–H groups in total. The number of allylic oxidation sites excluding steroid dienone is 1. The standard InChI is InChI=1S/C13H16O2/c1-3-10(2)9-12(13(14)15)11-7-5-4-6-8-11/h4-10H,3H2,1-2H3,(H,14,15). The number of rotatable bonds is 4. The Bertz CT molecular complexity index is 352. The molecule has 15 heavy (non-hydrogen) atoms. The van der Waals surface area contributed by atoms with Gasteiger partial charge < -0.3 is 5.11 Å². The minimum Gasteiger partial charge on any atom is -0.478 e. The molecular weight excluding hydrogens is 188 g/mol. The highest BCUT2D eigenvalue weighted by Gasteiger charge is 2.10. The van der Waals surface area contributed by atoms with Gasteiger partial charge in [-0.1, -0.05) is 56.7 Å². The van der Waals surface area contributed by atoms with E-state index in [9.17, 15) is 4.79 Å². The zero-order valence-electron chi connectivity index (χ0n) is 9.10. The fourth-order valence-corrected chi connectivity index (χ4v) is 1.31.